The van der Waals surface area contributed by atoms with Gasteiger partial charge < -0.3 is 14.6 Å². The quantitative estimate of drug-likeness (QED) is 0.152. The Hall–Kier alpha value is -4.50. The van der Waals surface area contributed by atoms with Gasteiger partial charge in [0.05, 0.1) is 23.9 Å². The van der Waals surface area contributed by atoms with Gasteiger partial charge in [0.2, 0.25) is 0 Å². The highest BCUT2D eigenvalue weighted by Gasteiger charge is 2.45. The van der Waals surface area contributed by atoms with Crippen LogP contribution in [0.3, 0.4) is 0 Å². The summed E-state index contributed by atoms with van der Waals surface area (Å²) in [6.07, 6.45) is 5.27. The maximum absolute atomic E-state index is 13.6. The molecule has 0 spiro atoms. The highest BCUT2D eigenvalue weighted by Crippen LogP contribution is 2.43. The SMILES string of the molecule is C=CCOC(=O)c1sc(N2C(=O)C(O)=C(C(=O)/C=C/c3ccccc3)C2c2cccc(OCCC(C)C)c2)nc1C. The molecule has 1 amide bonds. The van der Waals surface area contributed by atoms with Gasteiger partial charge in [-0.05, 0) is 48.6 Å². The molecule has 0 aliphatic carbocycles. The summed E-state index contributed by atoms with van der Waals surface area (Å²) in [5.74, 6) is -1.57. The third-order valence-electron chi connectivity index (χ3n) is 6.35. The molecule has 2 aromatic carbocycles. The molecule has 2 heterocycles. The van der Waals surface area contributed by atoms with Crippen molar-refractivity contribution < 1.29 is 29.0 Å². The summed E-state index contributed by atoms with van der Waals surface area (Å²) in [4.78, 5) is 45.6. The highest BCUT2D eigenvalue weighted by atomic mass is 32.1. The minimum atomic E-state index is -1.01. The first-order chi connectivity index (χ1) is 19.7. The van der Waals surface area contributed by atoms with E-state index in [1.54, 1.807) is 37.3 Å². The highest BCUT2D eigenvalue weighted by molar-refractivity contribution is 7.17. The average Bonchev–Trinajstić information content (AvgIpc) is 3.47. The largest absolute Gasteiger partial charge is 0.503 e. The fraction of sp³-hybridized carbons (Fsp3) is 0.250. The lowest BCUT2D eigenvalue weighted by Gasteiger charge is -2.24. The van der Waals surface area contributed by atoms with Crippen molar-refractivity contribution in [2.45, 2.75) is 33.2 Å². The van der Waals surface area contributed by atoms with Crippen molar-refractivity contribution in [1.29, 1.82) is 0 Å². The van der Waals surface area contributed by atoms with E-state index in [-0.39, 0.29) is 22.2 Å². The molecule has 1 atom stereocenters. The van der Waals surface area contributed by atoms with Crippen LogP contribution >= 0.6 is 11.3 Å². The van der Waals surface area contributed by atoms with E-state index in [2.05, 4.69) is 25.4 Å². The predicted octanol–water partition coefficient (Wildman–Crippen LogP) is 6.40. The van der Waals surface area contributed by atoms with E-state index in [0.29, 0.717) is 29.5 Å². The summed E-state index contributed by atoms with van der Waals surface area (Å²) in [7, 11) is 0. The van der Waals surface area contributed by atoms with E-state index in [4.69, 9.17) is 9.47 Å². The number of aliphatic hydroxyl groups excluding tert-OH is 1. The number of hydrogen-bond acceptors (Lipinski definition) is 8. The predicted molar refractivity (Wildman–Crippen MR) is 159 cm³/mol. The monoisotopic (exact) mass is 572 g/mol. The molecule has 4 rings (SSSR count). The van der Waals surface area contributed by atoms with E-state index < -0.39 is 29.5 Å². The third kappa shape index (κ3) is 6.81. The first-order valence-corrected chi connectivity index (χ1v) is 14.0. The summed E-state index contributed by atoms with van der Waals surface area (Å²) in [6, 6.07) is 15.3. The van der Waals surface area contributed by atoms with Gasteiger partial charge in [-0.1, -0.05) is 86.4 Å². The van der Waals surface area contributed by atoms with Gasteiger partial charge in [0.15, 0.2) is 16.7 Å². The van der Waals surface area contributed by atoms with E-state index in [1.165, 1.54) is 17.1 Å². The van der Waals surface area contributed by atoms with Crippen LogP contribution in [0.25, 0.3) is 6.08 Å². The molecular weight excluding hydrogens is 540 g/mol. The van der Waals surface area contributed by atoms with Crippen LogP contribution in [0.5, 0.6) is 5.75 Å². The summed E-state index contributed by atoms with van der Waals surface area (Å²) >= 11 is 0.952. The normalized spacial score (nSPS) is 15.2. The lowest BCUT2D eigenvalue weighted by molar-refractivity contribution is -0.117. The lowest BCUT2D eigenvalue weighted by atomic mass is 9.95. The number of ether oxygens (including phenoxy) is 2. The van der Waals surface area contributed by atoms with Crippen LogP contribution in [0.1, 0.15) is 52.8 Å². The zero-order valence-electron chi connectivity index (χ0n) is 23.2. The summed E-state index contributed by atoms with van der Waals surface area (Å²) in [6.45, 7) is 9.91. The second-order valence-corrected chi connectivity index (χ2v) is 10.8. The number of esters is 1. The van der Waals surface area contributed by atoms with Crippen LogP contribution in [-0.2, 0) is 14.3 Å². The standard InChI is InChI=1S/C32H32N2O6S/c1-5-17-40-31(38)29-21(4)33-32(41-29)34-27(23-12-9-13-24(19-23)39-18-16-20(2)3)26(28(36)30(34)37)25(35)15-14-22-10-7-6-8-11-22/h5-15,19-20,27,36H,1,16-18H2,2-4H3/b15-14+. The van der Waals surface area contributed by atoms with Gasteiger partial charge in [-0.3, -0.25) is 14.5 Å². The second-order valence-electron chi connectivity index (χ2n) is 9.85. The van der Waals surface area contributed by atoms with Crippen molar-refractivity contribution in [3.05, 3.63) is 106 Å². The fourth-order valence-electron chi connectivity index (χ4n) is 4.26. The molecule has 8 nitrogen and oxygen atoms in total. The Bertz CT molecular complexity index is 1510. The number of hydrogen-bond donors (Lipinski definition) is 1. The molecule has 212 valence electrons. The number of benzene rings is 2. The van der Waals surface area contributed by atoms with E-state index in [9.17, 15) is 19.5 Å². The number of rotatable bonds is 12. The van der Waals surface area contributed by atoms with Crippen molar-refractivity contribution in [3.63, 3.8) is 0 Å². The van der Waals surface area contributed by atoms with Gasteiger partial charge in [0.25, 0.3) is 5.91 Å². The molecule has 1 unspecified atom stereocenters. The summed E-state index contributed by atoms with van der Waals surface area (Å²) in [5, 5.41) is 11.2. The number of thiazole rings is 1. The van der Waals surface area contributed by atoms with Crippen LogP contribution < -0.4 is 9.64 Å². The van der Waals surface area contributed by atoms with Gasteiger partial charge in [-0.2, -0.15) is 0 Å². The molecule has 1 aliphatic heterocycles. The van der Waals surface area contributed by atoms with Gasteiger partial charge >= 0.3 is 5.97 Å². The van der Waals surface area contributed by atoms with E-state index in [1.807, 2.05) is 30.3 Å². The minimum Gasteiger partial charge on any atom is -0.503 e. The smallest absolute Gasteiger partial charge is 0.350 e. The Morgan fingerprint density at radius 2 is 1.93 bits per heavy atom. The number of aryl methyl sites for hydroxylation is 1. The number of carbonyl (C=O) groups is 3. The van der Waals surface area contributed by atoms with Gasteiger partial charge in [0.1, 0.15) is 17.2 Å². The average molecular weight is 573 g/mol. The summed E-state index contributed by atoms with van der Waals surface area (Å²) in [5.41, 5.74) is 1.60. The van der Waals surface area contributed by atoms with Crippen molar-refractivity contribution in [1.82, 2.24) is 4.98 Å². The third-order valence-corrected chi connectivity index (χ3v) is 7.48. The second kappa shape index (κ2) is 13.2. The maximum atomic E-state index is 13.6. The van der Waals surface area contributed by atoms with Crippen molar-refractivity contribution >= 4 is 40.2 Å². The maximum Gasteiger partial charge on any atom is 0.350 e. The van der Waals surface area contributed by atoms with Crippen LogP contribution in [-0.4, -0.2) is 41.0 Å². The molecule has 0 bridgehead atoms. The Balaban J connectivity index is 1.76. The van der Waals surface area contributed by atoms with Crippen LogP contribution in [0, 0.1) is 12.8 Å². The number of aromatic nitrogens is 1. The number of allylic oxidation sites excluding steroid dienone is 1. The van der Waals surface area contributed by atoms with Gasteiger partial charge in [-0.15, -0.1) is 0 Å². The van der Waals surface area contributed by atoms with Gasteiger partial charge in [0, 0.05) is 0 Å². The zero-order valence-corrected chi connectivity index (χ0v) is 24.0. The number of amides is 1. The van der Waals surface area contributed by atoms with Crippen molar-refractivity contribution in [3.8, 4) is 5.75 Å². The number of ketones is 1. The molecular formula is C32H32N2O6S. The first kappa shape index (κ1) is 29.5. The Labute approximate surface area is 243 Å². The lowest BCUT2D eigenvalue weighted by Crippen LogP contribution is -2.30. The number of anilines is 1. The van der Waals surface area contributed by atoms with Crippen LogP contribution in [0.15, 0.2) is 84.7 Å². The van der Waals surface area contributed by atoms with Crippen LogP contribution in [0.2, 0.25) is 0 Å². The number of aliphatic hydroxyl groups is 1. The summed E-state index contributed by atoms with van der Waals surface area (Å²) < 4.78 is 11.1. The number of carbonyl (C=O) groups excluding carboxylic acids is 3. The topological polar surface area (TPSA) is 106 Å². The molecule has 9 heteroatoms. The molecule has 3 aromatic rings. The fourth-order valence-corrected chi connectivity index (χ4v) is 5.24. The minimum absolute atomic E-state index is 0.0229. The molecule has 1 N–H and O–H groups in total. The molecule has 0 fully saturated rings. The Kier molecular flexibility index (Phi) is 9.52. The van der Waals surface area contributed by atoms with Gasteiger partial charge in [-0.25, -0.2) is 9.78 Å². The molecule has 0 radical (unpaired) electrons. The molecule has 0 saturated heterocycles. The molecule has 1 aliphatic rings. The van der Waals surface area contributed by atoms with Crippen LogP contribution in [0.4, 0.5) is 5.13 Å². The number of nitrogens with zero attached hydrogens (tertiary/aromatic N) is 2. The zero-order chi connectivity index (χ0) is 29.5. The molecule has 0 saturated carbocycles. The Morgan fingerprint density at radius 1 is 1.17 bits per heavy atom. The van der Waals surface area contributed by atoms with Crippen molar-refractivity contribution in [2.24, 2.45) is 5.92 Å². The molecule has 41 heavy (non-hydrogen) atoms. The first-order valence-electron chi connectivity index (χ1n) is 13.2. The van der Waals surface area contributed by atoms with Crippen molar-refractivity contribution in [2.75, 3.05) is 18.1 Å². The molecule has 1 aromatic heterocycles. The Morgan fingerprint density at radius 3 is 2.63 bits per heavy atom. The van der Waals surface area contributed by atoms with E-state index in [0.717, 1.165) is 23.3 Å². The van der Waals surface area contributed by atoms with E-state index >= 15 is 0 Å².